The average Bonchev–Trinajstić information content (AvgIpc) is 2.93. The minimum Gasteiger partial charge on any atom is -0.349 e. The highest BCUT2D eigenvalue weighted by atomic mass is 16.7. The Balaban J connectivity index is 2.46. The van der Waals surface area contributed by atoms with Crippen molar-refractivity contribution >= 4 is 5.69 Å². The topological polar surface area (TPSA) is 87.6 Å². The number of nitrogens with zero attached hydrogens (tertiary/aromatic N) is 1. The summed E-state index contributed by atoms with van der Waals surface area (Å²) in [5.41, 5.74) is 5.74. The van der Waals surface area contributed by atoms with Gasteiger partial charge in [-0.05, 0) is 13.0 Å². The quantitative estimate of drug-likeness (QED) is 0.645. The van der Waals surface area contributed by atoms with E-state index >= 15 is 0 Å². The summed E-state index contributed by atoms with van der Waals surface area (Å²) in [6, 6.07) is 6.69. The van der Waals surface area contributed by atoms with Crippen molar-refractivity contribution in [2.75, 3.05) is 19.8 Å². The molecule has 2 rings (SSSR count). The molecule has 0 bridgehead atoms. The third kappa shape index (κ3) is 2.60. The minimum atomic E-state index is -0.616. The van der Waals surface area contributed by atoms with Crippen LogP contribution in [0, 0.1) is 10.1 Å². The van der Waals surface area contributed by atoms with Crippen molar-refractivity contribution in [1.29, 1.82) is 0 Å². The van der Waals surface area contributed by atoms with Crippen molar-refractivity contribution in [3.05, 3.63) is 39.9 Å². The van der Waals surface area contributed by atoms with Gasteiger partial charge in [0.25, 0.3) is 5.69 Å². The molecule has 6 heteroatoms. The number of hydrogen-bond donors (Lipinski definition) is 1. The van der Waals surface area contributed by atoms with E-state index in [1.807, 2.05) is 6.92 Å². The summed E-state index contributed by atoms with van der Waals surface area (Å²) in [4.78, 5) is 10.8. The van der Waals surface area contributed by atoms with Gasteiger partial charge in [-0.2, -0.15) is 0 Å². The van der Waals surface area contributed by atoms with Gasteiger partial charge in [-0.1, -0.05) is 25.1 Å². The van der Waals surface area contributed by atoms with E-state index in [4.69, 9.17) is 15.2 Å². The number of benzene rings is 1. The molecule has 0 aliphatic carbocycles. The summed E-state index contributed by atoms with van der Waals surface area (Å²) in [6.45, 7) is 3.32. The van der Waals surface area contributed by atoms with Crippen LogP contribution >= 0.6 is 0 Å². The molecule has 104 valence electrons. The van der Waals surface area contributed by atoms with Crippen molar-refractivity contribution in [2.45, 2.75) is 25.0 Å². The maximum atomic E-state index is 11.2. The molecule has 0 amide bonds. The summed E-state index contributed by atoms with van der Waals surface area (Å²) in [5.74, 6) is 0. The Hall–Kier alpha value is -1.50. The van der Waals surface area contributed by atoms with E-state index in [9.17, 15) is 10.1 Å². The van der Waals surface area contributed by atoms with Crippen LogP contribution in [-0.2, 0) is 14.9 Å². The van der Waals surface area contributed by atoms with Gasteiger partial charge >= 0.3 is 0 Å². The molecule has 19 heavy (non-hydrogen) atoms. The largest absolute Gasteiger partial charge is 0.349 e. The fourth-order valence-electron chi connectivity index (χ4n) is 2.52. The number of nitro groups is 1. The second kappa shape index (κ2) is 5.64. The summed E-state index contributed by atoms with van der Waals surface area (Å²) in [6.07, 6.45) is 0.0693. The Kier molecular flexibility index (Phi) is 4.14. The van der Waals surface area contributed by atoms with Gasteiger partial charge in [-0.15, -0.1) is 0 Å². The van der Waals surface area contributed by atoms with Crippen LogP contribution in [0.5, 0.6) is 0 Å². The zero-order chi connectivity index (χ0) is 13.9. The van der Waals surface area contributed by atoms with Crippen LogP contribution in [0.4, 0.5) is 5.69 Å². The first-order valence-electron chi connectivity index (χ1n) is 6.27. The zero-order valence-corrected chi connectivity index (χ0v) is 10.9. The van der Waals surface area contributed by atoms with E-state index in [1.54, 1.807) is 18.2 Å². The minimum absolute atomic E-state index is 0.0811. The van der Waals surface area contributed by atoms with Gasteiger partial charge in [-0.25, -0.2) is 0 Å². The molecule has 1 heterocycles. The first-order chi connectivity index (χ1) is 9.09. The molecule has 6 nitrogen and oxygen atoms in total. The third-order valence-electron chi connectivity index (χ3n) is 3.52. The first kappa shape index (κ1) is 13.9. The molecular weight excluding hydrogens is 248 g/mol. The van der Waals surface area contributed by atoms with Gasteiger partial charge in [-0.3, -0.25) is 10.1 Å². The fraction of sp³-hybridized carbons (Fsp3) is 0.538. The van der Waals surface area contributed by atoms with Gasteiger partial charge in [0.15, 0.2) is 6.29 Å². The summed E-state index contributed by atoms with van der Waals surface area (Å²) >= 11 is 0. The monoisotopic (exact) mass is 266 g/mol. The molecule has 1 saturated heterocycles. The van der Waals surface area contributed by atoms with E-state index in [0.29, 0.717) is 31.7 Å². The van der Waals surface area contributed by atoms with Gasteiger partial charge in [0.2, 0.25) is 0 Å². The first-order valence-corrected chi connectivity index (χ1v) is 6.27. The van der Waals surface area contributed by atoms with Crippen LogP contribution in [0.2, 0.25) is 0 Å². The second-order valence-electron chi connectivity index (χ2n) is 4.80. The summed E-state index contributed by atoms with van der Waals surface area (Å²) in [7, 11) is 0. The molecule has 2 N–H and O–H groups in total. The van der Waals surface area contributed by atoms with Crippen LogP contribution in [0.25, 0.3) is 0 Å². The molecule has 0 radical (unpaired) electrons. The molecule has 1 aliphatic heterocycles. The number of ether oxygens (including phenoxy) is 2. The number of hydrogen-bond acceptors (Lipinski definition) is 5. The normalized spacial score (nSPS) is 19.3. The lowest BCUT2D eigenvalue weighted by Gasteiger charge is -2.33. The molecule has 0 spiro atoms. The average molecular weight is 266 g/mol. The predicted octanol–water partition coefficient (Wildman–Crippen LogP) is 1.57. The lowest BCUT2D eigenvalue weighted by molar-refractivity contribution is -0.386. The summed E-state index contributed by atoms with van der Waals surface area (Å²) < 4.78 is 11.1. The van der Waals surface area contributed by atoms with Crippen LogP contribution in [0.1, 0.15) is 18.9 Å². The van der Waals surface area contributed by atoms with E-state index in [1.165, 1.54) is 6.07 Å². The molecule has 1 aliphatic rings. The number of nitro benzene ring substituents is 1. The highest BCUT2D eigenvalue weighted by molar-refractivity contribution is 5.45. The SMILES string of the molecule is CC(CCN)(c1ccccc1[N+](=O)[O-])C1OCCO1. The van der Waals surface area contributed by atoms with Gasteiger partial charge in [0, 0.05) is 11.6 Å². The lowest BCUT2D eigenvalue weighted by Crippen LogP contribution is -2.40. The molecular formula is C13H18N2O4. The summed E-state index contributed by atoms with van der Waals surface area (Å²) in [5, 5.41) is 11.2. The molecule has 1 atom stereocenters. The van der Waals surface area contributed by atoms with Crippen molar-refractivity contribution < 1.29 is 14.4 Å². The highest BCUT2D eigenvalue weighted by Gasteiger charge is 2.43. The lowest BCUT2D eigenvalue weighted by atomic mass is 9.77. The van der Waals surface area contributed by atoms with Crippen LogP contribution in [0.3, 0.4) is 0 Å². The molecule has 1 fully saturated rings. The van der Waals surface area contributed by atoms with Crippen molar-refractivity contribution in [3.63, 3.8) is 0 Å². The maximum Gasteiger partial charge on any atom is 0.273 e. The Bertz CT molecular complexity index is 460. The predicted molar refractivity (Wildman–Crippen MR) is 69.8 cm³/mol. The van der Waals surface area contributed by atoms with Crippen molar-refractivity contribution in [3.8, 4) is 0 Å². The standard InChI is InChI=1S/C13H18N2O4/c1-13(6-7-14,12-18-8-9-19-12)10-4-2-3-5-11(10)15(16)17/h2-5,12H,6-9,14H2,1H3. The number of nitrogens with two attached hydrogens (primary N) is 1. The molecule has 0 saturated carbocycles. The molecule has 0 aromatic heterocycles. The second-order valence-corrected chi connectivity index (χ2v) is 4.80. The Morgan fingerprint density at radius 3 is 2.63 bits per heavy atom. The zero-order valence-electron chi connectivity index (χ0n) is 10.9. The highest BCUT2D eigenvalue weighted by Crippen LogP contribution is 2.39. The fourth-order valence-corrected chi connectivity index (χ4v) is 2.52. The molecule has 1 aromatic rings. The Labute approximate surface area is 111 Å². The van der Waals surface area contributed by atoms with E-state index in [-0.39, 0.29) is 10.6 Å². The Morgan fingerprint density at radius 2 is 2.05 bits per heavy atom. The van der Waals surface area contributed by atoms with Crippen molar-refractivity contribution in [2.24, 2.45) is 5.73 Å². The molecule has 1 aromatic carbocycles. The van der Waals surface area contributed by atoms with Crippen LogP contribution < -0.4 is 5.73 Å². The van der Waals surface area contributed by atoms with E-state index in [2.05, 4.69) is 0 Å². The van der Waals surface area contributed by atoms with Crippen LogP contribution in [-0.4, -0.2) is 31.0 Å². The molecule has 1 unspecified atom stereocenters. The van der Waals surface area contributed by atoms with E-state index < -0.39 is 11.7 Å². The number of rotatable bonds is 5. The Morgan fingerprint density at radius 1 is 1.42 bits per heavy atom. The third-order valence-corrected chi connectivity index (χ3v) is 3.52. The number of para-hydroxylation sites is 1. The van der Waals surface area contributed by atoms with Crippen molar-refractivity contribution in [1.82, 2.24) is 0 Å². The van der Waals surface area contributed by atoms with Crippen LogP contribution in [0.15, 0.2) is 24.3 Å². The van der Waals surface area contributed by atoms with Gasteiger partial charge < -0.3 is 15.2 Å². The smallest absolute Gasteiger partial charge is 0.273 e. The van der Waals surface area contributed by atoms with E-state index in [0.717, 1.165) is 0 Å². The van der Waals surface area contributed by atoms with Gasteiger partial charge in [0.05, 0.1) is 23.6 Å². The van der Waals surface area contributed by atoms with Gasteiger partial charge in [0.1, 0.15) is 0 Å². The maximum absolute atomic E-state index is 11.2.